The summed E-state index contributed by atoms with van der Waals surface area (Å²) in [6.07, 6.45) is 2.21. The molecular weight excluding hydrogens is 152 g/mol. The Bertz CT molecular complexity index is 91.8. The molecule has 1 atom stereocenters. The summed E-state index contributed by atoms with van der Waals surface area (Å²) in [4.78, 5) is 0. The molecule has 0 heterocycles. The predicted octanol–water partition coefficient (Wildman–Crippen LogP) is 2.29. The quantitative estimate of drug-likeness (QED) is 0.588. The van der Waals surface area contributed by atoms with E-state index in [9.17, 15) is 0 Å². The van der Waals surface area contributed by atoms with Crippen LogP contribution in [-0.2, 0) is 9.47 Å². The van der Waals surface area contributed by atoms with Crippen LogP contribution in [0, 0.1) is 12.3 Å². The first-order valence-corrected chi connectivity index (χ1v) is 4.64. The first-order chi connectivity index (χ1) is 5.66. The van der Waals surface area contributed by atoms with Crippen molar-refractivity contribution in [3.8, 4) is 0 Å². The lowest BCUT2D eigenvalue weighted by Gasteiger charge is -2.13. The Kier molecular flexibility index (Phi) is 7.51. The van der Waals surface area contributed by atoms with Crippen molar-refractivity contribution in [1.82, 2.24) is 0 Å². The van der Waals surface area contributed by atoms with Gasteiger partial charge in [-0.1, -0.05) is 20.8 Å². The number of ether oxygens (including phenoxy) is 2. The smallest absolute Gasteiger partial charge is 0.0780 e. The summed E-state index contributed by atoms with van der Waals surface area (Å²) in [6, 6.07) is 0. The third-order valence-electron chi connectivity index (χ3n) is 1.35. The van der Waals surface area contributed by atoms with Crippen molar-refractivity contribution in [3.05, 3.63) is 6.42 Å². The fourth-order valence-electron chi connectivity index (χ4n) is 0.778. The normalized spacial score (nSPS) is 13.8. The lowest BCUT2D eigenvalue weighted by atomic mass is 10.2. The van der Waals surface area contributed by atoms with Crippen molar-refractivity contribution < 1.29 is 9.47 Å². The van der Waals surface area contributed by atoms with Gasteiger partial charge in [-0.25, -0.2) is 0 Å². The molecule has 0 aromatic heterocycles. The van der Waals surface area contributed by atoms with Crippen molar-refractivity contribution >= 4 is 0 Å². The Balaban J connectivity index is 3.13. The summed E-state index contributed by atoms with van der Waals surface area (Å²) in [7, 11) is 0. The maximum absolute atomic E-state index is 5.42. The minimum absolute atomic E-state index is 0.208. The van der Waals surface area contributed by atoms with Gasteiger partial charge in [0.25, 0.3) is 0 Å². The molecule has 73 valence electrons. The van der Waals surface area contributed by atoms with Gasteiger partial charge < -0.3 is 9.47 Å². The fourth-order valence-corrected chi connectivity index (χ4v) is 0.778. The summed E-state index contributed by atoms with van der Waals surface area (Å²) in [5, 5.41) is 0. The molecule has 2 nitrogen and oxygen atoms in total. The zero-order valence-electron chi connectivity index (χ0n) is 8.67. The molecule has 0 aromatic carbocycles. The Hall–Kier alpha value is -0.0800. The van der Waals surface area contributed by atoms with Crippen LogP contribution < -0.4 is 0 Å². The molecule has 0 amide bonds. The van der Waals surface area contributed by atoms with Crippen LogP contribution in [0.4, 0.5) is 0 Å². The van der Waals surface area contributed by atoms with E-state index in [0.29, 0.717) is 19.1 Å². The minimum Gasteiger partial charge on any atom is -0.379 e. The first kappa shape index (κ1) is 11.9. The SMILES string of the molecule is C[CH]COC(C)COCC(C)C. The molecule has 0 rings (SSSR count). The molecule has 1 unspecified atom stereocenters. The highest BCUT2D eigenvalue weighted by Crippen LogP contribution is 1.97. The van der Waals surface area contributed by atoms with E-state index in [2.05, 4.69) is 13.8 Å². The highest BCUT2D eigenvalue weighted by Gasteiger charge is 2.01. The van der Waals surface area contributed by atoms with E-state index in [4.69, 9.17) is 9.47 Å². The van der Waals surface area contributed by atoms with E-state index >= 15 is 0 Å². The molecule has 0 N–H and O–H groups in total. The van der Waals surface area contributed by atoms with E-state index in [-0.39, 0.29) is 6.10 Å². The monoisotopic (exact) mass is 173 g/mol. The molecule has 0 saturated heterocycles. The molecule has 0 aliphatic carbocycles. The van der Waals surface area contributed by atoms with Gasteiger partial charge in [0.15, 0.2) is 0 Å². The predicted molar refractivity (Wildman–Crippen MR) is 51.0 cm³/mol. The van der Waals surface area contributed by atoms with Crippen molar-refractivity contribution in [2.45, 2.75) is 33.8 Å². The third-order valence-corrected chi connectivity index (χ3v) is 1.35. The Morgan fingerprint density at radius 1 is 1.17 bits per heavy atom. The maximum Gasteiger partial charge on any atom is 0.0780 e. The highest BCUT2D eigenvalue weighted by atomic mass is 16.5. The lowest BCUT2D eigenvalue weighted by molar-refractivity contribution is -0.00556. The van der Waals surface area contributed by atoms with Gasteiger partial charge in [0.2, 0.25) is 0 Å². The molecule has 12 heavy (non-hydrogen) atoms. The minimum atomic E-state index is 0.208. The van der Waals surface area contributed by atoms with E-state index in [1.165, 1.54) is 0 Å². The molecule has 0 bridgehead atoms. The molecule has 0 aliphatic rings. The van der Waals surface area contributed by atoms with Gasteiger partial charge in [0, 0.05) is 13.2 Å². The van der Waals surface area contributed by atoms with E-state index in [0.717, 1.165) is 6.61 Å². The topological polar surface area (TPSA) is 18.5 Å². The standard InChI is InChI=1S/C10H21O2/c1-5-6-12-10(4)8-11-7-9(2)3/h5,9-10H,6-8H2,1-4H3. The van der Waals surface area contributed by atoms with Crippen LogP contribution in [0.15, 0.2) is 0 Å². The summed E-state index contributed by atoms with van der Waals surface area (Å²) >= 11 is 0. The number of hydrogen-bond acceptors (Lipinski definition) is 2. The van der Waals surface area contributed by atoms with Crippen LogP contribution >= 0.6 is 0 Å². The zero-order chi connectivity index (χ0) is 9.40. The molecule has 0 saturated carbocycles. The molecular formula is C10H21O2. The molecule has 0 aromatic rings. The van der Waals surface area contributed by atoms with Gasteiger partial charge in [-0.2, -0.15) is 0 Å². The molecule has 0 fully saturated rings. The summed E-state index contributed by atoms with van der Waals surface area (Å²) in [6.45, 7) is 10.5. The van der Waals surface area contributed by atoms with Crippen molar-refractivity contribution in [2.75, 3.05) is 19.8 Å². The van der Waals surface area contributed by atoms with Crippen LogP contribution in [0.2, 0.25) is 0 Å². The molecule has 0 spiro atoms. The Labute approximate surface area is 76.3 Å². The molecule has 1 radical (unpaired) electrons. The first-order valence-electron chi connectivity index (χ1n) is 4.64. The Morgan fingerprint density at radius 3 is 2.33 bits per heavy atom. The highest BCUT2D eigenvalue weighted by molar-refractivity contribution is 4.55. The van der Waals surface area contributed by atoms with Crippen molar-refractivity contribution in [2.24, 2.45) is 5.92 Å². The van der Waals surface area contributed by atoms with Gasteiger partial charge >= 0.3 is 0 Å². The molecule has 0 aliphatic heterocycles. The van der Waals surface area contributed by atoms with Gasteiger partial charge in [0.05, 0.1) is 12.7 Å². The Morgan fingerprint density at radius 2 is 1.83 bits per heavy atom. The maximum atomic E-state index is 5.42. The summed E-state index contributed by atoms with van der Waals surface area (Å²) in [5.41, 5.74) is 0. The molecule has 2 heteroatoms. The van der Waals surface area contributed by atoms with Crippen molar-refractivity contribution in [3.63, 3.8) is 0 Å². The zero-order valence-corrected chi connectivity index (χ0v) is 8.67. The van der Waals surface area contributed by atoms with Crippen molar-refractivity contribution in [1.29, 1.82) is 0 Å². The van der Waals surface area contributed by atoms with Gasteiger partial charge in [0.1, 0.15) is 0 Å². The second-order valence-corrected chi connectivity index (χ2v) is 3.48. The van der Waals surface area contributed by atoms with Crippen LogP contribution in [0.5, 0.6) is 0 Å². The second-order valence-electron chi connectivity index (χ2n) is 3.48. The van der Waals surface area contributed by atoms with Gasteiger partial charge in [-0.15, -0.1) is 0 Å². The van der Waals surface area contributed by atoms with Crippen LogP contribution in [0.3, 0.4) is 0 Å². The lowest BCUT2D eigenvalue weighted by Crippen LogP contribution is -2.18. The van der Waals surface area contributed by atoms with E-state index < -0.39 is 0 Å². The third kappa shape index (κ3) is 8.02. The van der Waals surface area contributed by atoms with Crippen LogP contribution in [0.1, 0.15) is 27.7 Å². The van der Waals surface area contributed by atoms with Crippen LogP contribution in [-0.4, -0.2) is 25.9 Å². The van der Waals surface area contributed by atoms with Gasteiger partial charge in [-0.3, -0.25) is 0 Å². The fraction of sp³-hybridized carbons (Fsp3) is 0.900. The average molecular weight is 173 g/mol. The largest absolute Gasteiger partial charge is 0.379 e. The summed E-state index contributed by atoms with van der Waals surface area (Å²) in [5.74, 6) is 0.606. The van der Waals surface area contributed by atoms with E-state index in [1.807, 2.05) is 20.3 Å². The van der Waals surface area contributed by atoms with E-state index in [1.54, 1.807) is 0 Å². The number of rotatable bonds is 7. The average Bonchev–Trinajstić information content (AvgIpc) is 2.00. The number of hydrogen-bond donors (Lipinski definition) is 0. The van der Waals surface area contributed by atoms with Crippen LogP contribution in [0.25, 0.3) is 0 Å². The second kappa shape index (κ2) is 7.56. The van der Waals surface area contributed by atoms with Gasteiger partial charge in [-0.05, 0) is 19.3 Å². The summed E-state index contributed by atoms with van der Waals surface area (Å²) < 4.78 is 10.8.